The van der Waals surface area contributed by atoms with Gasteiger partial charge < -0.3 is 10.6 Å². The molecule has 1 aliphatic rings. The highest BCUT2D eigenvalue weighted by atomic mass is 32.2. The molecule has 1 amide bonds. The summed E-state index contributed by atoms with van der Waals surface area (Å²) in [4.78, 5) is 12.0. The smallest absolute Gasteiger partial charge is 0.251 e. The maximum atomic E-state index is 12.0. The number of aryl methyl sites for hydroxylation is 1. The van der Waals surface area contributed by atoms with Gasteiger partial charge in [0, 0.05) is 29.1 Å². The Bertz CT molecular complexity index is 453. The van der Waals surface area contributed by atoms with Crippen LogP contribution in [0, 0.1) is 6.92 Å². The normalized spacial score (nSPS) is 18.6. The highest BCUT2D eigenvalue weighted by Crippen LogP contribution is 2.22. The minimum atomic E-state index is 0.00970. The van der Waals surface area contributed by atoms with Gasteiger partial charge in [0.2, 0.25) is 0 Å². The van der Waals surface area contributed by atoms with E-state index >= 15 is 0 Å². The van der Waals surface area contributed by atoms with E-state index in [0.717, 1.165) is 16.8 Å². The Hall–Kier alpha value is -1.16. The van der Waals surface area contributed by atoms with Crippen LogP contribution in [-0.2, 0) is 0 Å². The molecule has 0 bridgehead atoms. The first-order chi connectivity index (χ1) is 9.06. The molecule has 104 valence electrons. The van der Waals surface area contributed by atoms with Crippen LogP contribution in [0.1, 0.15) is 36.2 Å². The highest BCUT2D eigenvalue weighted by molar-refractivity contribution is 7.99. The second-order valence-corrected chi connectivity index (χ2v) is 6.51. The number of carbonyl (C=O) groups is 1. The molecule has 1 atom stereocenters. The third-order valence-electron chi connectivity index (χ3n) is 3.19. The molecule has 1 aromatic carbocycles. The van der Waals surface area contributed by atoms with E-state index in [-0.39, 0.29) is 11.9 Å². The molecule has 3 nitrogen and oxygen atoms in total. The van der Waals surface area contributed by atoms with Crippen LogP contribution in [0.25, 0.3) is 0 Å². The van der Waals surface area contributed by atoms with Crippen LogP contribution in [-0.4, -0.2) is 29.5 Å². The molecular formula is C15H22N2OS. The lowest BCUT2D eigenvalue weighted by molar-refractivity contribution is 0.0942. The number of benzene rings is 1. The van der Waals surface area contributed by atoms with E-state index in [9.17, 15) is 4.79 Å². The molecule has 0 aliphatic carbocycles. The number of nitrogens with one attached hydrogen (secondary N) is 2. The van der Waals surface area contributed by atoms with Gasteiger partial charge >= 0.3 is 0 Å². The van der Waals surface area contributed by atoms with Crippen molar-refractivity contribution in [2.24, 2.45) is 0 Å². The standard InChI is InChI=1S/C15H22N2OS/c1-10(2)16-15(18)14-5-4-12(8-11(14)3)17-13-6-7-19-9-13/h4-5,8,10,13,17H,6-7,9H2,1-3H3,(H,16,18)/t13-/m1/s1. The molecule has 1 heterocycles. The number of hydrogen-bond acceptors (Lipinski definition) is 3. The maximum absolute atomic E-state index is 12.0. The molecule has 1 saturated heterocycles. The topological polar surface area (TPSA) is 41.1 Å². The van der Waals surface area contributed by atoms with Crippen LogP contribution >= 0.6 is 11.8 Å². The quantitative estimate of drug-likeness (QED) is 0.889. The van der Waals surface area contributed by atoms with Crippen LogP contribution in [0.5, 0.6) is 0 Å². The number of thioether (sulfide) groups is 1. The lowest BCUT2D eigenvalue weighted by Crippen LogP contribution is -2.30. The summed E-state index contributed by atoms with van der Waals surface area (Å²) >= 11 is 1.99. The molecule has 0 spiro atoms. The van der Waals surface area contributed by atoms with E-state index in [1.54, 1.807) is 0 Å². The Labute approximate surface area is 119 Å². The van der Waals surface area contributed by atoms with Gasteiger partial charge in [-0.05, 0) is 56.7 Å². The second-order valence-electron chi connectivity index (χ2n) is 5.36. The summed E-state index contributed by atoms with van der Waals surface area (Å²) in [6.07, 6.45) is 1.22. The number of rotatable bonds is 4. The van der Waals surface area contributed by atoms with Crippen molar-refractivity contribution >= 4 is 23.4 Å². The average molecular weight is 278 g/mol. The average Bonchev–Trinajstić information content (AvgIpc) is 2.80. The van der Waals surface area contributed by atoms with Crippen molar-refractivity contribution in [1.29, 1.82) is 0 Å². The van der Waals surface area contributed by atoms with Gasteiger partial charge in [0.1, 0.15) is 0 Å². The monoisotopic (exact) mass is 278 g/mol. The Kier molecular flexibility index (Phi) is 4.75. The molecule has 19 heavy (non-hydrogen) atoms. The maximum Gasteiger partial charge on any atom is 0.251 e. The molecule has 1 aliphatic heterocycles. The first kappa shape index (κ1) is 14.3. The van der Waals surface area contributed by atoms with Crippen molar-refractivity contribution in [3.63, 3.8) is 0 Å². The molecule has 2 N–H and O–H groups in total. The fourth-order valence-electron chi connectivity index (χ4n) is 2.23. The summed E-state index contributed by atoms with van der Waals surface area (Å²) in [5.41, 5.74) is 2.90. The fraction of sp³-hybridized carbons (Fsp3) is 0.533. The fourth-order valence-corrected chi connectivity index (χ4v) is 3.38. The highest BCUT2D eigenvalue weighted by Gasteiger charge is 2.16. The van der Waals surface area contributed by atoms with Gasteiger partial charge in [0.25, 0.3) is 5.91 Å². The van der Waals surface area contributed by atoms with Crippen LogP contribution < -0.4 is 10.6 Å². The lowest BCUT2D eigenvalue weighted by atomic mass is 10.1. The zero-order valence-electron chi connectivity index (χ0n) is 11.8. The van der Waals surface area contributed by atoms with Gasteiger partial charge in [-0.25, -0.2) is 0 Å². The molecule has 2 rings (SSSR count). The molecular weight excluding hydrogens is 256 g/mol. The SMILES string of the molecule is Cc1cc(N[C@@H]2CCSC2)ccc1C(=O)NC(C)C. The largest absolute Gasteiger partial charge is 0.381 e. The first-order valence-electron chi connectivity index (χ1n) is 6.82. The summed E-state index contributed by atoms with van der Waals surface area (Å²) in [5.74, 6) is 2.43. The van der Waals surface area contributed by atoms with E-state index in [1.807, 2.05) is 44.7 Å². The third kappa shape index (κ3) is 3.90. The minimum Gasteiger partial charge on any atom is -0.381 e. The molecule has 0 aromatic heterocycles. The van der Waals surface area contributed by atoms with Crippen LogP contribution in [0.4, 0.5) is 5.69 Å². The van der Waals surface area contributed by atoms with Gasteiger partial charge in [0.05, 0.1) is 0 Å². The molecule has 1 aromatic rings. The second kappa shape index (κ2) is 6.33. The van der Waals surface area contributed by atoms with E-state index in [1.165, 1.54) is 17.9 Å². The number of hydrogen-bond donors (Lipinski definition) is 2. The van der Waals surface area contributed by atoms with Crippen molar-refractivity contribution in [2.45, 2.75) is 39.3 Å². The van der Waals surface area contributed by atoms with Gasteiger partial charge in [-0.3, -0.25) is 4.79 Å². The van der Waals surface area contributed by atoms with Crippen molar-refractivity contribution in [1.82, 2.24) is 5.32 Å². The third-order valence-corrected chi connectivity index (χ3v) is 4.35. The van der Waals surface area contributed by atoms with Gasteiger partial charge in [-0.15, -0.1) is 0 Å². The van der Waals surface area contributed by atoms with Gasteiger partial charge in [0.15, 0.2) is 0 Å². The van der Waals surface area contributed by atoms with E-state index in [2.05, 4.69) is 16.7 Å². The minimum absolute atomic E-state index is 0.00970. The van der Waals surface area contributed by atoms with Crippen molar-refractivity contribution in [3.05, 3.63) is 29.3 Å². The molecule has 0 radical (unpaired) electrons. The van der Waals surface area contributed by atoms with Crippen molar-refractivity contribution in [3.8, 4) is 0 Å². The zero-order valence-corrected chi connectivity index (χ0v) is 12.6. The molecule has 0 saturated carbocycles. The van der Waals surface area contributed by atoms with Gasteiger partial charge in [-0.1, -0.05) is 0 Å². The summed E-state index contributed by atoms with van der Waals surface area (Å²) in [6.45, 7) is 5.94. The first-order valence-corrected chi connectivity index (χ1v) is 7.97. The van der Waals surface area contributed by atoms with E-state index < -0.39 is 0 Å². The number of amides is 1. The molecule has 4 heteroatoms. The van der Waals surface area contributed by atoms with Crippen molar-refractivity contribution in [2.75, 3.05) is 16.8 Å². The summed E-state index contributed by atoms with van der Waals surface area (Å²) < 4.78 is 0. The van der Waals surface area contributed by atoms with Crippen LogP contribution in [0.15, 0.2) is 18.2 Å². The van der Waals surface area contributed by atoms with Crippen molar-refractivity contribution < 1.29 is 4.79 Å². The lowest BCUT2D eigenvalue weighted by Gasteiger charge is -2.15. The predicted octanol–water partition coefficient (Wildman–Crippen LogP) is 3.05. The number of anilines is 1. The number of carbonyl (C=O) groups excluding carboxylic acids is 1. The van der Waals surface area contributed by atoms with Crippen LogP contribution in [0.2, 0.25) is 0 Å². The summed E-state index contributed by atoms with van der Waals surface area (Å²) in [5, 5.41) is 6.47. The Morgan fingerprint density at radius 2 is 2.21 bits per heavy atom. The predicted molar refractivity (Wildman–Crippen MR) is 83.1 cm³/mol. The summed E-state index contributed by atoms with van der Waals surface area (Å²) in [7, 11) is 0. The Morgan fingerprint density at radius 3 is 2.79 bits per heavy atom. The van der Waals surface area contributed by atoms with Crippen LogP contribution in [0.3, 0.4) is 0 Å². The van der Waals surface area contributed by atoms with E-state index in [4.69, 9.17) is 0 Å². The Morgan fingerprint density at radius 1 is 1.42 bits per heavy atom. The van der Waals surface area contributed by atoms with E-state index in [0.29, 0.717) is 6.04 Å². The molecule has 1 fully saturated rings. The zero-order chi connectivity index (χ0) is 13.8. The van der Waals surface area contributed by atoms with Gasteiger partial charge in [-0.2, -0.15) is 11.8 Å². The Balaban J connectivity index is 2.05. The molecule has 0 unspecified atom stereocenters. The summed E-state index contributed by atoms with van der Waals surface area (Å²) in [6, 6.07) is 6.72.